The number of rotatable bonds is 6. The molecule has 1 aromatic rings. The Bertz CT molecular complexity index is 599. The van der Waals surface area contributed by atoms with Gasteiger partial charge in [0, 0.05) is 55.0 Å². The minimum Gasteiger partial charge on any atom is -0.376 e. The van der Waals surface area contributed by atoms with Crippen LogP contribution in [0.5, 0.6) is 0 Å². The molecule has 2 saturated heterocycles. The third kappa shape index (κ3) is 6.19. The monoisotopic (exact) mass is 378 g/mol. The summed E-state index contributed by atoms with van der Waals surface area (Å²) >= 11 is 1.87. The average molecular weight is 378 g/mol. The molecule has 7 nitrogen and oxygen atoms in total. The smallest absolute Gasteiger partial charge is 0.319 e. The van der Waals surface area contributed by atoms with Crippen LogP contribution < -0.4 is 21.3 Å². The highest BCUT2D eigenvalue weighted by Crippen LogP contribution is 2.16. The van der Waals surface area contributed by atoms with Gasteiger partial charge in [-0.25, -0.2) is 4.79 Å². The fraction of sp³-hybridized carbons (Fsp3) is 0.556. The number of carbonyl (C=O) groups excluding carboxylic acids is 2. The van der Waals surface area contributed by atoms with Crippen LogP contribution in [0.15, 0.2) is 24.3 Å². The molecule has 8 heteroatoms. The second-order valence-corrected chi connectivity index (χ2v) is 7.68. The first-order valence-corrected chi connectivity index (χ1v) is 10.2. The van der Waals surface area contributed by atoms with Crippen molar-refractivity contribution in [1.29, 1.82) is 0 Å². The van der Waals surface area contributed by atoms with Crippen molar-refractivity contribution in [3.8, 4) is 0 Å². The van der Waals surface area contributed by atoms with E-state index in [9.17, 15) is 9.59 Å². The Morgan fingerprint density at radius 1 is 1.19 bits per heavy atom. The molecule has 0 saturated carbocycles. The van der Waals surface area contributed by atoms with E-state index < -0.39 is 0 Å². The van der Waals surface area contributed by atoms with Crippen LogP contribution in [0.25, 0.3) is 0 Å². The Balaban J connectivity index is 1.39. The van der Waals surface area contributed by atoms with Crippen molar-refractivity contribution in [2.45, 2.75) is 31.4 Å². The maximum atomic E-state index is 12.1. The number of amides is 3. The summed E-state index contributed by atoms with van der Waals surface area (Å²) in [6, 6.07) is 7.11. The van der Waals surface area contributed by atoms with Crippen LogP contribution in [0.3, 0.4) is 0 Å². The van der Waals surface area contributed by atoms with Gasteiger partial charge in [0.05, 0.1) is 6.10 Å². The highest BCUT2D eigenvalue weighted by Gasteiger charge is 2.17. The predicted octanol–water partition coefficient (Wildman–Crippen LogP) is 2.02. The first kappa shape index (κ1) is 19.0. The van der Waals surface area contributed by atoms with Gasteiger partial charge in [-0.3, -0.25) is 4.79 Å². The summed E-state index contributed by atoms with van der Waals surface area (Å²) in [7, 11) is 0. The second-order valence-electron chi connectivity index (χ2n) is 6.53. The minimum atomic E-state index is -0.252. The number of benzene rings is 1. The number of ether oxygens (including phenoxy) is 1. The lowest BCUT2D eigenvalue weighted by atomic mass is 10.2. The first-order chi connectivity index (χ1) is 12.7. The summed E-state index contributed by atoms with van der Waals surface area (Å²) in [6.07, 6.45) is 2.63. The highest BCUT2D eigenvalue weighted by molar-refractivity contribution is 7.99. The maximum absolute atomic E-state index is 12.1. The summed E-state index contributed by atoms with van der Waals surface area (Å²) in [6.45, 7) is 2.25. The number of hydrogen-bond acceptors (Lipinski definition) is 5. The van der Waals surface area contributed by atoms with Crippen LogP contribution in [0.1, 0.15) is 19.3 Å². The van der Waals surface area contributed by atoms with Gasteiger partial charge < -0.3 is 26.0 Å². The van der Waals surface area contributed by atoms with Crippen molar-refractivity contribution in [1.82, 2.24) is 10.6 Å². The number of urea groups is 1. The topological polar surface area (TPSA) is 91.5 Å². The highest BCUT2D eigenvalue weighted by atomic mass is 32.2. The quantitative estimate of drug-likeness (QED) is 0.608. The zero-order chi connectivity index (χ0) is 18.2. The molecule has 3 amide bonds. The van der Waals surface area contributed by atoms with E-state index in [0.717, 1.165) is 43.2 Å². The molecule has 3 rings (SSSR count). The fourth-order valence-corrected chi connectivity index (χ4v) is 3.96. The number of carbonyl (C=O) groups is 2. The van der Waals surface area contributed by atoms with Crippen molar-refractivity contribution >= 4 is 35.1 Å². The zero-order valence-electron chi connectivity index (χ0n) is 14.8. The molecule has 0 aliphatic carbocycles. The summed E-state index contributed by atoms with van der Waals surface area (Å²) in [5.41, 5.74) is 1.40. The van der Waals surface area contributed by atoms with E-state index in [-0.39, 0.29) is 24.1 Å². The molecule has 142 valence electrons. The molecule has 1 aromatic carbocycles. The van der Waals surface area contributed by atoms with Crippen molar-refractivity contribution < 1.29 is 14.3 Å². The molecule has 2 aliphatic heterocycles. The van der Waals surface area contributed by atoms with Gasteiger partial charge >= 0.3 is 6.03 Å². The van der Waals surface area contributed by atoms with Crippen molar-refractivity contribution in [3.63, 3.8) is 0 Å². The van der Waals surface area contributed by atoms with Gasteiger partial charge in [-0.05, 0) is 37.1 Å². The molecule has 26 heavy (non-hydrogen) atoms. The molecule has 2 unspecified atom stereocenters. The lowest BCUT2D eigenvalue weighted by Crippen LogP contribution is -2.39. The average Bonchev–Trinajstić information content (AvgIpc) is 3.16. The zero-order valence-corrected chi connectivity index (χ0v) is 15.6. The van der Waals surface area contributed by atoms with Crippen LogP contribution in [-0.2, 0) is 9.53 Å². The molecule has 0 spiro atoms. The first-order valence-electron chi connectivity index (χ1n) is 9.06. The normalized spacial score (nSPS) is 22.6. The molecule has 2 aliphatic rings. The second kappa shape index (κ2) is 9.80. The molecular weight excluding hydrogens is 352 g/mol. The SMILES string of the molecule is O=C(CC1CSCCN1)Nc1ccc(NC(=O)NCC2CCCO2)cc1. The van der Waals surface area contributed by atoms with Gasteiger partial charge in [0.15, 0.2) is 0 Å². The minimum absolute atomic E-state index is 0.0000146. The van der Waals surface area contributed by atoms with E-state index in [1.165, 1.54) is 0 Å². The van der Waals surface area contributed by atoms with E-state index in [4.69, 9.17) is 4.74 Å². The van der Waals surface area contributed by atoms with Gasteiger partial charge in [0.1, 0.15) is 0 Å². The van der Waals surface area contributed by atoms with Gasteiger partial charge in [-0.1, -0.05) is 0 Å². The van der Waals surface area contributed by atoms with E-state index in [0.29, 0.717) is 18.7 Å². The fourth-order valence-electron chi connectivity index (χ4n) is 3.01. The van der Waals surface area contributed by atoms with Crippen molar-refractivity contribution in [3.05, 3.63) is 24.3 Å². The van der Waals surface area contributed by atoms with E-state index >= 15 is 0 Å². The summed E-state index contributed by atoms with van der Waals surface area (Å²) in [5.74, 6) is 2.07. The van der Waals surface area contributed by atoms with Crippen LogP contribution in [0.4, 0.5) is 16.2 Å². The largest absolute Gasteiger partial charge is 0.376 e. The molecule has 0 aromatic heterocycles. The van der Waals surface area contributed by atoms with Crippen LogP contribution in [0, 0.1) is 0 Å². The lowest BCUT2D eigenvalue weighted by Gasteiger charge is -2.22. The lowest BCUT2D eigenvalue weighted by molar-refractivity contribution is -0.116. The number of hydrogen-bond donors (Lipinski definition) is 4. The van der Waals surface area contributed by atoms with Crippen molar-refractivity contribution in [2.24, 2.45) is 0 Å². The number of anilines is 2. The molecule has 4 N–H and O–H groups in total. The Morgan fingerprint density at radius 2 is 1.96 bits per heavy atom. The van der Waals surface area contributed by atoms with E-state index in [2.05, 4.69) is 21.3 Å². The summed E-state index contributed by atoms with van der Waals surface area (Å²) in [5, 5.41) is 11.8. The Labute approximate surface area is 158 Å². The van der Waals surface area contributed by atoms with Gasteiger partial charge in [-0.15, -0.1) is 0 Å². The molecule has 0 radical (unpaired) electrons. The van der Waals surface area contributed by atoms with Gasteiger partial charge in [0.25, 0.3) is 0 Å². The van der Waals surface area contributed by atoms with E-state index in [1.54, 1.807) is 24.3 Å². The third-order valence-corrected chi connectivity index (χ3v) is 5.50. The Hall–Kier alpha value is -1.77. The van der Waals surface area contributed by atoms with Gasteiger partial charge in [-0.2, -0.15) is 11.8 Å². The maximum Gasteiger partial charge on any atom is 0.319 e. The molecule has 2 heterocycles. The number of nitrogens with one attached hydrogen (secondary N) is 4. The number of thioether (sulfide) groups is 1. The molecule has 2 atom stereocenters. The Morgan fingerprint density at radius 3 is 2.62 bits per heavy atom. The van der Waals surface area contributed by atoms with Crippen LogP contribution >= 0.6 is 11.8 Å². The molecule has 0 bridgehead atoms. The molecular formula is C18H26N4O3S. The van der Waals surface area contributed by atoms with Crippen LogP contribution in [0.2, 0.25) is 0 Å². The van der Waals surface area contributed by atoms with Crippen molar-refractivity contribution in [2.75, 3.05) is 41.8 Å². The standard InChI is InChI=1S/C18H26N4O3S/c23-17(10-15-12-26-9-7-19-15)21-13-3-5-14(6-4-13)22-18(24)20-11-16-2-1-8-25-16/h3-6,15-16,19H,1-2,7-12H2,(H,21,23)(H2,20,22,24). The third-order valence-electron chi connectivity index (χ3n) is 4.37. The van der Waals surface area contributed by atoms with Crippen LogP contribution in [-0.4, -0.2) is 55.3 Å². The predicted molar refractivity (Wildman–Crippen MR) is 105 cm³/mol. The van der Waals surface area contributed by atoms with Gasteiger partial charge in [0.2, 0.25) is 5.91 Å². The summed E-state index contributed by atoms with van der Waals surface area (Å²) in [4.78, 5) is 24.0. The van der Waals surface area contributed by atoms with E-state index in [1.807, 2.05) is 11.8 Å². The summed E-state index contributed by atoms with van der Waals surface area (Å²) < 4.78 is 5.47. The Kier molecular flexibility index (Phi) is 7.16. The molecule has 2 fully saturated rings.